The van der Waals surface area contributed by atoms with Gasteiger partial charge in [-0.1, -0.05) is 0 Å². The Labute approximate surface area is 217 Å². The number of hydrogen-bond donors (Lipinski definition) is 0. The van der Waals surface area contributed by atoms with E-state index < -0.39 is 32.3 Å². The van der Waals surface area contributed by atoms with Crippen molar-refractivity contribution in [1.82, 2.24) is 0 Å². The summed E-state index contributed by atoms with van der Waals surface area (Å²) in [5.41, 5.74) is 0. The van der Waals surface area contributed by atoms with Crippen molar-refractivity contribution in [3.05, 3.63) is 41.5 Å². The van der Waals surface area contributed by atoms with Crippen LogP contribution in [0, 0.1) is 0 Å². The third-order valence-corrected chi connectivity index (χ3v) is 18.1. The molecule has 0 amide bonds. The van der Waals surface area contributed by atoms with E-state index in [1.807, 2.05) is 29.4 Å². The molecule has 172 valence electrons. The van der Waals surface area contributed by atoms with Crippen molar-refractivity contribution in [2.24, 2.45) is 0 Å². The summed E-state index contributed by atoms with van der Waals surface area (Å²) in [5.74, 6) is 0. The summed E-state index contributed by atoms with van der Waals surface area (Å²) < 4.78 is 3.78. The first-order chi connectivity index (χ1) is 11.9. The van der Waals surface area contributed by atoms with E-state index in [0.29, 0.717) is 0 Å². The van der Waals surface area contributed by atoms with E-state index >= 15 is 0 Å². The molecule has 0 unspecified atom stereocenters. The van der Waals surface area contributed by atoms with Gasteiger partial charge in [-0.15, -0.1) is 0 Å². The zero-order valence-electron chi connectivity index (χ0n) is 21.2. The minimum Gasteiger partial charge on any atom is -1.00 e. The van der Waals surface area contributed by atoms with Crippen LogP contribution in [0.1, 0.15) is 12.8 Å². The molecule has 0 atom stereocenters. The van der Waals surface area contributed by atoms with E-state index in [0.717, 1.165) is 0 Å². The van der Waals surface area contributed by atoms with Crippen molar-refractivity contribution in [1.29, 1.82) is 0 Å². The first-order valence-electron chi connectivity index (χ1n) is 10.5. The Morgan fingerprint density at radius 2 is 0.767 bits per heavy atom. The molecule has 0 aromatic carbocycles. The molecule has 0 spiro atoms. The van der Waals surface area contributed by atoms with Gasteiger partial charge in [0.25, 0.3) is 0 Å². The van der Waals surface area contributed by atoms with Crippen LogP contribution in [-0.4, -0.2) is 32.3 Å². The fraction of sp³-hybridized carbons (Fsp3) is 0.636. The predicted molar refractivity (Wildman–Crippen MR) is 133 cm³/mol. The van der Waals surface area contributed by atoms with Crippen molar-refractivity contribution >= 4 is 32.3 Å². The molecule has 0 aliphatic heterocycles. The summed E-state index contributed by atoms with van der Waals surface area (Å²) in [5, 5.41) is 7.43. The largest absolute Gasteiger partial charge is 1.00 e. The molecule has 8 heteroatoms. The predicted octanol–water partition coefficient (Wildman–Crippen LogP) is -1.24. The van der Waals surface area contributed by atoms with Gasteiger partial charge in [-0.3, -0.25) is 0 Å². The number of hydrogen-bond acceptors (Lipinski definition) is 0. The average molecular weight is 576 g/mol. The van der Waals surface area contributed by atoms with Crippen molar-refractivity contribution < 1.29 is 53.5 Å². The standard InChI is InChI=1S/2C11H21Si2.3ClH.V/c2*1-12(2,3)10-7-8-11(9-10)13(4,5)6;;;;/h2*7H,8H2,1-6H3;3*1H;/q;;;;;+3/p-3. The van der Waals surface area contributed by atoms with Gasteiger partial charge in [0.05, 0.1) is 0 Å². The molecular formula is C22H42Cl3Si4V. The molecule has 0 aromatic rings. The maximum atomic E-state index is 2.66. The molecule has 0 radical (unpaired) electrons. The molecule has 0 nitrogen and oxygen atoms in total. The summed E-state index contributed by atoms with van der Waals surface area (Å²) >= 11 is 0.145. The third kappa shape index (κ3) is 7.66. The van der Waals surface area contributed by atoms with Gasteiger partial charge >= 0.3 is 182 Å². The summed E-state index contributed by atoms with van der Waals surface area (Å²) in [7, 11) is -5.10. The fourth-order valence-electron chi connectivity index (χ4n) is 4.13. The average Bonchev–Trinajstić information content (AvgIpc) is 2.99. The van der Waals surface area contributed by atoms with Gasteiger partial charge < -0.3 is 37.2 Å². The van der Waals surface area contributed by atoms with Crippen LogP contribution in [0.4, 0.5) is 0 Å². The Balaban J connectivity index is 0. The normalized spacial score (nSPS) is 17.6. The quantitative estimate of drug-likeness (QED) is 0.348. The molecule has 0 aromatic heterocycles. The van der Waals surface area contributed by atoms with Crippen LogP contribution in [0.2, 0.25) is 78.6 Å². The summed E-state index contributed by atoms with van der Waals surface area (Å²) in [6, 6.07) is 0. The van der Waals surface area contributed by atoms with Gasteiger partial charge in [0.15, 0.2) is 0 Å². The molecule has 0 bridgehead atoms. The van der Waals surface area contributed by atoms with Crippen LogP contribution in [0.3, 0.4) is 0 Å². The summed E-state index contributed by atoms with van der Waals surface area (Å²) in [4.78, 5) is 0. The van der Waals surface area contributed by atoms with Gasteiger partial charge in [-0.05, 0) is 0 Å². The van der Waals surface area contributed by atoms with Crippen molar-refractivity contribution in [3.8, 4) is 0 Å². The molecule has 0 saturated heterocycles. The second-order valence-electron chi connectivity index (χ2n) is 12.4. The Kier molecular flexibility index (Phi) is 12.4. The van der Waals surface area contributed by atoms with Gasteiger partial charge in [-0.2, -0.15) is 0 Å². The van der Waals surface area contributed by atoms with Crippen molar-refractivity contribution in [3.63, 3.8) is 0 Å². The number of rotatable bonds is 6. The fourth-order valence-corrected chi connectivity index (χ4v) is 19.6. The molecule has 30 heavy (non-hydrogen) atoms. The molecular weight excluding hydrogens is 534 g/mol. The zero-order chi connectivity index (χ0) is 21.0. The second-order valence-corrected chi connectivity index (χ2v) is 34.4. The Hall–Kier alpha value is 1.28. The van der Waals surface area contributed by atoms with Crippen LogP contribution in [0.25, 0.3) is 0 Å². The van der Waals surface area contributed by atoms with Gasteiger partial charge in [-0.25, -0.2) is 0 Å². The number of halogens is 3. The van der Waals surface area contributed by atoms with Crippen LogP contribution in [0.15, 0.2) is 41.5 Å². The van der Waals surface area contributed by atoms with Crippen LogP contribution in [-0.2, 0) is 16.3 Å². The van der Waals surface area contributed by atoms with E-state index in [9.17, 15) is 0 Å². The maximum absolute atomic E-state index is 2.66. The van der Waals surface area contributed by atoms with E-state index in [-0.39, 0.29) is 53.5 Å². The molecule has 0 N–H and O–H groups in total. The van der Waals surface area contributed by atoms with Crippen LogP contribution in [0.5, 0.6) is 0 Å². The SMILES string of the molecule is C[Si](C)(C)C1=CCC([Si](C)(C)C)=[C]1[V+3][C]1=C([Si](C)(C)C)CC=C1[Si](C)(C)C.[Cl-].[Cl-].[Cl-]. The topological polar surface area (TPSA) is 0 Å². The molecule has 2 aliphatic carbocycles. The first-order valence-corrected chi connectivity index (χ1v) is 25.9. The maximum Gasteiger partial charge on any atom is -1.00 e. The van der Waals surface area contributed by atoms with E-state index in [1.165, 1.54) is 12.8 Å². The Bertz CT molecular complexity index is 689. The first kappa shape index (κ1) is 33.5. The number of allylic oxidation sites excluding steroid dienone is 8. The summed E-state index contributed by atoms with van der Waals surface area (Å²) in [6.07, 6.45) is 7.85. The monoisotopic (exact) mass is 574 g/mol. The van der Waals surface area contributed by atoms with Crippen molar-refractivity contribution in [2.45, 2.75) is 91.4 Å². The van der Waals surface area contributed by atoms with Gasteiger partial charge in [0.2, 0.25) is 0 Å². The van der Waals surface area contributed by atoms with E-state index in [4.69, 9.17) is 0 Å². The third-order valence-electron chi connectivity index (χ3n) is 5.75. The molecule has 0 fully saturated rings. The molecule has 0 saturated carbocycles. The molecule has 0 heterocycles. The molecule has 2 rings (SSSR count). The van der Waals surface area contributed by atoms with E-state index in [2.05, 4.69) is 90.7 Å². The Morgan fingerprint density at radius 3 is 0.967 bits per heavy atom. The van der Waals surface area contributed by atoms with Crippen molar-refractivity contribution in [2.75, 3.05) is 0 Å². The van der Waals surface area contributed by atoms with Crippen LogP contribution >= 0.6 is 0 Å². The minimum absolute atomic E-state index is 0. The molecule has 2 aliphatic rings. The smallest absolute Gasteiger partial charge is 1.00 e. The summed E-state index contributed by atoms with van der Waals surface area (Å²) in [6.45, 7) is 30.8. The van der Waals surface area contributed by atoms with E-state index in [1.54, 1.807) is 0 Å². The van der Waals surface area contributed by atoms with Gasteiger partial charge in [0, 0.05) is 0 Å². The second kappa shape index (κ2) is 11.1. The van der Waals surface area contributed by atoms with Crippen LogP contribution < -0.4 is 37.2 Å². The minimum atomic E-state index is -1.29. The Morgan fingerprint density at radius 1 is 0.500 bits per heavy atom. The zero-order valence-corrected chi connectivity index (χ0v) is 28.8. The van der Waals surface area contributed by atoms with Gasteiger partial charge in [0.1, 0.15) is 0 Å².